The minimum absolute atomic E-state index is 0.108. The number of rotatable bonds is 5. The zero-order valence-electron chi connectivity index (χ0n) is 15.6. The summed E-state index contributed by atoms with van der Waals surface area (Å²) in [6.45, 7) is 1.47. The van der Waals surface area contributed by atoms with Crippen molar-refractivity contribution in [3.8, 4) is 17.3 Å². The Labute approximate surface area is 168 Å². The van der Waals surface area contributed by atoms with Gasteiger partial charge in [-0.3, -0.25) is 9.69 Å². The molecule has 12 nitrogen and oxygen atoms in total. The van der Waals surface area contributed by atoms with Crippen molar-refractivity contribution in [2.45, 2.75) is 19.0 Å². The van der Waals surface area contributed by atoms with Crippen LogP contribution in [0.2, 0.25) is 0 Å². The summed E-state index contributed by atoms with van der Waals surface area (Å²) in [7, 11) is 0. The first-order chi connectivity index (χ1) is 14.5. The molecule has 1 atom stereocenters. The molecule has 1 saturated heterocycles. The van der Waals surface area contributed by atoms with Crippen molar-refractivity contribution in [3.63, 3.8) is 0 Å². The van der Waals surface area contributed by atoms with E-state index in [4.69, 9.17) is 8.83 Å². The maximum atomic E-state index is 13.2. The van der Waals surface area contributed by atoms with Gasteiger partial charge >= 0.3 is 6.03 Å². The van der Waals surface area contributed by atoms with E-state index in [-0.39, 0.29) is 18.3 Å². The maximum Gasteiger partial charge on any atom is 0.325 e. The zero-order chi connectivity index (χ0) is 20.7. The van der Waals surface area contributed by atoms with Gasteiger partial charge in [-0.05, 0) is 47.2 Å². The Morgan fingerprint density at radius 3 is 2.83 bits per heavy atom. The fourth-order valence-corrected chi connectivity index (χ4v) is 3.23. The molecule has 30 heavy (non-hydrogen) atoms. The van der Waals surface area contributed by atoms with Gasteiger partial charge in [-0.2, -0.15) is 0 Å². The number of nitrogens with one attached hydrogen (secondary N) is 1. The van der Waals surface area contributed by atoms with Crippen molar-refractivity contribution in [2.24, 2.45) is 0 Å². The van der Waals surface area contributed by atoms with Crippen molar-refractivity contribution in [1.82, 2.24) is 40.6 Å². The quantitative estimate of drug-likeness (QED) is 0.484. The van der Waals surface area contributed by atoms with Gasteiger partial charge in [0, 0.05) is 0 Å². The Morgan fingerprint density at radius 1 is 1.17 bits per heavy atom. The van der Waals surface area contributed by atoms with Crippen LogP contribution in [0.4, 0.5) is 4.79 Å². The molecule has 1 aliphatic heterocycles. The summed E-state index contributed by atoms with van der Waals surface area (Å²) in [5.74, 6) is 0.227. The van der Waals surface area contributed by atoms with Gasteiger partial charge in [0.05, 0.1) is 12.0 Å². The lowest BCUT2D eigenvalue weighted by atomic mass is 9.91. The number of nitrogens with zero attached hydrogens (tertiary/aromatic N) is 7. The van der Waals surface area contributed by atoms with Crippen LogP contribution in [0, 0.1) is 0 Å². The Hall–Kier alpha value is -4.35. The molecule has 4 heterocycles. The van der Waals surface area contributed by atoms with Crippen molar-refractivity contribution in [1.29, 1.82) is 0 Å². The second kappa shape index (κ2) is 6.62. The number of carbonyl (C=O) groups is 2. The van der Waals surface area contributed by atoms with Crippen molar-refractivity contribution in [2.75, 3.05) is 0 Å². The lowest BCUT2D eigenvalue weighted by Crippen LogP contribution is -2.40. The number of amides is 3. The number of imide groups is 1. The van der Waals surface area contributed by atoms with E-state index in [1.54, 1.807) is 43.3 Å². The molecule has 1 fully saturated rings. The summed E-state index contributed by atoms with van der Waals surface area (Å²) >= 11 is 0. The van der Waals surface area contributed by atoms with E-state index in [1.807, 2.05) is 0 Å². The largest absolute Gasteiger partial charge is 0.459 e. The molecule has 3 aromatic heterocycles. The van der Waals surface area contributed by atoms with E-state index >= 15 is 0 Å². The number of carbonyl (C=O) groups excluding carboxylic acids is 2. The third kappa shape index (κ3) is 2.82. The third-order valence-corrected chi connectivity index (χ3v) is 4.80. The normalized spacial score (nSPS) is 18.8. The van der Waals surface area contributed by atoms with E-state index < -0.39 is 17.5 Å². The van der Waals surface area contributed by atoms with Crippen LogP contribution in [0.5, 0.6) is 0 Å². The number of furan rings is 1. The summed E-state index contributed by atoms with van der Waals surface area (Å²) in [6.07, 6.45) is 2.92. The van der Waals surface area contributed by atoms with E-state index in [0.29, 0.717) is 17.0 Å². The van der Waals surface area contributed by atoms with Gasteiger partial charge in [-0.1, -0.05) is 12.1 Å². The van der Waals surface area contributed by atoms with Crippen LogP contribution in [0.15, 0.2) is 57.8 Å². The minimum Gasteiger partial charge on any atom is -0.459 e. The first-order valence-electron chi connectivity index (χ1n) is 8.89. The molecule has 0 saturated carbocycles. The number of hydrogen-bond acceptors (Lipinski definition) is 9. The van der Waals surface area contributed by atoms with Crippen LogP contribution in [-0.4, -0.2) is 47.2 Å². The molecule has 0 radical (unpaired) electrons. The predicted octanol–water partition coefficient (Wildman–Crippen LogP) is 1.27. The molecule has 1 aliphatic rings. The highest BCUT2D eigenvalue weighted by atomic mass is 16.4. The van der Waals surface area contributed by atoms with Crippen LogP contribution >= 0.6 is 0 Å². The molecular weight excluding hydrogens is 392 g/mol. The average molecular weight is 406 g/mol. The summed E-state index contributed by atoms with van der Waals surface area (Å²) in [5.41, 5.74) is -0.0392. The van der Waals surface area contributed by atoms with Crippen LogP contribution in [0.1, 0.15) is 18.4 Å². The number of aromatic nitrogens is 6. The second-order valence-corrected chi connectivity index (χ2v) is 6.73. The first-order valence-corrected chi connectivity index (χ1v) is 8.89. The third-order valence-electron chi connectivity index (χ3n) is 4.80. The number of urea groups is 1. The second-order valence-electron chi connectivity index (χ2n) is 6.73. The van der Waals surface area contributed by atoms with Crippen LogP contribution < -0.4 is 5.32 Å². The summed E-state index contributed by atoms with van der Waals surface area (Å²) in [4.78, 5) is 26.8. The van der Waals surface area contributed by atoms with E-state index in [0.717, 1.165) is 4.90 Å². The summed E-state index contributed by atoms with van der Waals surface area (Å²) in [5, 5.41) is 21.6. The SMILES string of the molecule is C[C@]1(c2cccc(-n3cnnn3)c2)NC(=O)N(Cc2nnc(-c3ccco3)o2)C1=O. The molecule has 3 amide bonds. The van der Waals surface area contributed by atoms with Crippen molar-refractivity contribution >= 4 is 11.9 Å². The van der Waals surface area contributed by atoms with Crippen LogP contribution in [-0.2, 0) is 16.9 Å². The molecule has 0 aliphatic carbocycles. The monoisotopic (exact) mass is 406 g/mol. The highest BCUT2D eigenvalue weighted by molar-refractivity contribution is 6.07. The van der Waals surface area contributed by atoms with Gasteiger partial charge in [0.2, 0.25) is 5.89 Å². The fourth-order valence-electron chi connectivity index (χ4n) is 3.23. The van der Waals surface area contributed by atoms with Gasteiger partial charge < -0.3 is 14.2 Å². The molecular formula is C18H14N8O4. The van der Waals surface area contributed by atoms with Crippen LogP contribution in [0.3, 0.4) is 0 Å². The lowest BCUT2D eigenvalue weighted by molar-refractivity contribution is -0.131. The van der Waals surface area contributed by atoms with Crippen molar-refractivity contribution in [3.05, 3.63) is 60.4 Å². The molecule has 1 N–H and O–H groups in total. The molecule has 12 heteroatoms. The van der Waals surface area contributed by atoms with Crippen molar-refractivity contribution < 1.29 is 18.4 Å². The van der Waals surface area contributed by atoms with Gasteiger partial charge in [-0.25, -0.2) is 9.48 Å². The Morgan fingerprint density at radius 2 is 2.07 bits per heavy atom. The van der Waals surface area contributed by atoms with Gasteiger partial charge in [0.25, 0.3) is 11.8 Å². The molecule has 0 bridgehead atoms. The van der Waals surface area contributed by atoms with Crippen LogP contribution in [0.25, 0.3) is 17.3 Å². The predicted molar refractivity (Wildman–Crippen MR) is 97.6 cm³/mol. The van der Waals surface area contributed by atoms with Gasteiger partial charge in [-0.15, -0.1) is 15.3 Å². The average Bonchev–Trinajstić information content (AvgIpc) is 3.54. The molecule has 0 spiro atoms. The molecule has 1 aromatic carbocycles. The van der Waals surface area contributed by atoms with E-state index in [9.17, 15) is 9.59 Å². The molecule has 5 rings (SSSR count). The van der Waals surface area contributed by atoms with E-state index in [2.05, 4.69) is 31.0 Å². The standard InChI is InChI=1S/C18H14N8O4/c1-18(11-4-2-5-12(8-11)26-10-19-23-24-26)16(27)25(17(28)20-18)9-14-21-22-15(30-14)13-6-3-7-29-13/h2-8,10H,9H2,1H3,(H,20,28)/t18-/m1/s1. The topological polar surface area (TPSA) is 145 Å². The van der Waals surface area contributed by atoms with Gasteiger partial charge in [0.1, 0.15) is 18.4 Å². The smallest absolute Gasteiger partial charge is 0.325 e. The number of tetrazole rings is 1. The molecule has 150 valence electrons. The Kier molecular flexibility index (Phi) is 3.91. The highest BCUT2D eigenvalue weighted by Gasteiger charge is 2.49. The highest BCUT2D eigenvalue weighted by Crippen LogP contribution is 2.31. The zero-order valence-corrected chi connectivity index (χ0v) is 15.6. The van der Waals surface area contributed by atoms with Gasteiger partial charge in [0.15, 0.2) is 5.76 Å². The number of benzene rings is 1. The minimum atomic E-state index is -1.27. The van der Waals surface area contributed by atoms with E-state index in [1.165, 1.54) is 17.3 Å². The lowest BCUT2D eigenvalue weighted by Gasteiger charge is -2.22. The Balaban J connectivity index is 1.41. The fraction of sp³-hybridized carbons (Fsp3) is 0.167. The molecule has 4 aromatic rings. The maximum absolute atomic E-state index is 13.2. The Bertz CT molecular complexity index is 1220. The molecule has 0 unspecified atom stereocenters. The number of hydrogen-bond donors (Lipinski definition) is 1. The summed E-state index contributed by atoms with van der Waals surface area (Å²) in [6, 6.07) is 9.82. The first kappa shape index (κ1) is 17.7. The summed E-state index contributed by atoms with van der Waals surface area (Å²) < 4.78 is 12.2.